The molecule has 0 unspecified atom stereocenters. The van der Waals surface area contributed by atoms with Gasteiger partial charge in [-0.25, -0.2) is 4.79 Å². The van der Waals surface area contributed by atoms with E-state index in [1.807, 2.05) is 52.1 Å². The highest BCUT2D eigenvalue weighted by atomic mass is 16.6. The average Bonchev–Trinajstić information content (AvgIpc) is 2.71. The van der Waals surface area contributed by atoms with E-state index in [9.17, 15) is 4.79 Å². The van der Waals surface area contributed by atoms with Crippen LogP contribution in [0.5, 0.6) is 0 Å². The summed E-state index contributed by atoms with van der Waals surface area (Å²) in [5.41, 5.74) is 3.91. The quantitative estimate of drug-likeness (QED) is 0.523. The Bertz CT molecular complexity index is 855. The first-order chi connectivity index (χ1) is 14.7. The minimum absolute atomic E-state index is 0.325. The van der Waals surface area contributed by atoms with E-state index in [2.05, 4.69) is 38.8 Å². The molecule has 2 aromatic rings. The van der Waals surface area contributed by atoms with E-state index in [4.69, 9.17) is 4.74 Å². The highest BCUT2D eigenvalue weighted by Crippen LogP contribution is 2.12. The summed E-state index contributed by atoms with van der Waals surface area (Å²) in [5.74, 6) is 0.758. The molecule has 31 heavy (non-hydrogen) atoms. The Balaban J connectivity index is 1.77. The van der Waals surface area contributed by atoms with Crippen LogP contribution in [0.3, 0.4) is 0 Å². The van der Waals surface area contributed by atoms with E-state index < -0.39 is 5.60 Å². The largest absolute Gasteiger partial charge is 0.444 e. The van der Waals surface area contributed by atoms with Crippen molar-refractivity contribution in [2.24, 2.45) is 4.99 Å². The van der Waals surface area contributed by atoms with Crippen molar-refractivity contribution in [3.05, 3.63) is 65.0 Å². The summed E-state index contributed by atoms with van der Waals surface area (Å²) in [4.78, 5) is 22.3. The molecular formula is C24H35N5O2. The molecule has 1 amide bonds. The summed E-state index contributed by atoms with van der Waals surface area (Å²) in [7, 11) is 3.50. The zero-order chi connectivity index (χ0) is 22.9. The maximum atomic E-state index is 12.1. The summed E-state index contributed by atoms with van der Waals surface area (Å²) >= 11 is 0. The Hall–Kier alpha value is -3.09. The molecule has 0 radical (unpaired) electrons. The Kier molecular flexibility index (Phi) is 8.85. The predicted molar refractivity (Wildman–Crippen MR) is 125 cm³/mol. The van der Waals surface area contributed by atoms with Gasteiger partial charge in [-0.1, -0.05) is 30.3 Å². The first-order valence-electron chi connectivity index (χ1n) is 10.5. The van der Waals surface area contributed by atoms with Crippen LogP contribution in [-0.2, 0) is 24.2 Å². The maximum Gasteiger partial charge on any atom is 0.410 e. The molecule has 0 spiro atoms. The molecule has 1 aromatic heterocycles. The summed E-state index contributed by atoms with van der Waals surface area (Å²) < 4.78 is 5.39. The number of hydrogen-bond acceptors (Lipinski definition) is 4. The summed E-state index contributed by atoms with van der Waals surface area (Å²) in [5, 5.41) is 6.65. The number of hydrogen-bond donors (Lipinski definition) is 2. The number of nitrogens with one attached hydrogen (secondary N) is 2. The average molecular weight is 426 g/mol. The molecule has 2 rings (SSSR count). The fourth-order valence-electron chi connectivity index (χ4n) is 2.82. The van der Waals surface area contributed by atoms with Crippen LogP contribution in [-0.4, -0.2) is 48.2 Å². The zero-order valence-electron chi connectivity index (χ0n) is 19.5. The summed E-state index contributed by atoms with van der Waals surface area (Å²) in [6.07, 6.45) is 2.47. The minimum Gasteiger partial charge on any atom is -0.444 e. The van der Waals surface area contributed by atoms with Crippen molar-refractivity contribution in [3.63, 3.8) is 0 Å². The lowest BCUT2D eigenvalue weighted by atomic mass is 10.1. The van der Waals surface area contributed by atoms with Crippen LogP contribution >= 0.6 is 0 Å². The van der Waals surface area contributed by atoms with Gasteiger partial charge in [0.15, 0.2) is 5.96 Å². The molecule has 1 heterocycles. The molecule has 0 atom stereocenters. The second kappa shape index (κ2) is 11.3. The molecule has 0 saturated heterocycles. The molecular weight excluding hydrogens is 390 g/mol. The standard InChI is InChI=1S/C24H35N5O2/c1-18-7-8-20(15-27-18)13-14-26-22(25-5)28-16-19-9-11-21(12-10-19)17-29(6)23(30)31-24(2,3)4/h7-12,15H,13-14,16-17H2,1-6H3,(H2,25,26,28). The Morgan fingerprint density at radius 1 is 1.06 bits per heavy atom. The Morgan fingerprint density at radius 2 is 1.71 bits per heavy atom. The number of guanidine groups is 1. The number of amides is 1. The van der Waals surface area contributed by atoms with Gasteiger partial charge in [-0.15, -0.1) is 0 Å². The molecule has 0 saturated carbocycles. The number of aromatic nitrogens is 1. The van der Waals surface area contributed by atoms with Gasteiger partial charge in [0.25, 0.3) is 0 Å². The number of aliphatic imine (C=N–C) groups is 1. The van der Waals surface area contributed by atoms with Gasteiger partial charge < -0.3 is 20.3 Å². The topological polar surface area (TPSA) is 78.9 Å². The molecule has 7 nitrogen and oxygen atoms in total. The van der Waals surface area contributed by atoms with Crippen LogP contribution < -0.4 is 10.6 Å². The number of rotatable bonds is 7. The van der Waals surface area contributed by atoms with Crippen LogP contribution in [0.4, 0.5) is 4.79 Å². The van der Waals surface area contributed by atoms with Gasteiger partial charge in [-0.05, 0) is 56.9 Å². The van der Waals surface area contributed by atoms with Crippen molar-refractivity contribution in [1.82, 2.24) is 20.5 Å². The molecule has 7 heteroatoms. The van der Waals surface area contributed by atoms with Gasteiger partial charge in [-0.3, -0.25) is 9.98 Å². The number of pyridine rings is 1. The van der Waals surface area contributed by atoms with Crippen molar-refractivity contribution >= 4 is 12.1 Å². The Morgan fingerprint density at radius 3 is 2.29 bits per heavy atom. The van der Waals surface area contributed by atoms with Crippen molar-refractivity contribution in [3.8, 4) is 0 Å². The lowest BCUT2D eigenvalue weighted by molar-refractivity contribution is 0.0285. The highest BCUT2D eigenvalue weighted by Gasteiger charge is 2.19. The van der Waals surface area contributed by atoms with E-state index in [1.165, 1.54) is 5.56 Å². The molecule has 168 valence electrons. The third kappa shape index (κ3) is 9.07. The van der Waals surface area contributed by atoms with Crippen LogP contribution in [0.25, 0.3) is 0 Å². The van der Waals surface area contributed by atoms with Crippen LogP contribution in [0, 0.1) is 6.92 Å². The number of carbonyl (C=O) groups excluding carboxylic acids is 1. The smallest absolute Gasteiger partial charge is 0.410 e. The van der Waals surface area contributed by atoms with Crippen molar-refractivity contribution in [2.45, 2.75) is 52.8 Å². The van der Waals surface area contributed by atoms with Gasteiger partial charge in [-0.2, -0.15) is 0 Å². The second-order valence-corrected chi connectivity index (χ2v) is 8.56. The number of nitrogens with zero attached hydrogens (tertiary/aromatic N) is 3. The fourth-order valence-corrected chi connectivity index (χ4v) is 2.82. The highest BCUT2D eigenvalue weighted by molar-refractivity contribution is 5.79. The van der Waals surface area contributed by atoms with Crippen LogP contribution in [0.1, 0.15) is 43.2 Å². The summed E-state index contributed by atoms with van der Waals surface area (Å²) in [6, 6.07) is 12.3. The van der Waals surface area contributed by atoms with E-state index in [1.54, 1.807) is 19.0 Å². The number of carbonyl (C=O) groups is 1. The van der Waals surface area contributed by atoms with Gasteiger partial charge in [0.2, 0.25) is 0 Å². The monoisotopic (exact) mass is 425 g/mol. The van der Waals surface area contributed by atoms with Gasteiger partial charge >= 0.3 is 6.09 Å². The van der Waals surface area contributed by atoms with Crippen LogP contribution in [0.15, 0.2) is 47.6 Å². The fraction of sp³-hybridized carbons (Fsp3) is 0.458. The van der Waals surface area contributed by atoms with Gasteiger partial charge in [0.05, 0.1) is 0 Å². The molecule has 2 N–H and O–H groups in total. The SMILES string of the molecule is CN=C(NCCc1ccc(C)nc1)NCc1ccc(CN(C)C(=O)OC(C)(C)C)cc1. The van der Waals surface area contributed by atoms with E-state index in [0.717, 1.165) is 35.7 Å². The van der Waals surface area contributed by atoms with Gasteiger partial charge in [0.1, 0.15) is 5.60 Å². The Labute approximate surface area is 185 Å². The van der Waals surface area contributed by atoms with E-state index >= 15 is 0 Å². The number of ether oxygens (including phenoxy) is 1. The first-order valence-corrected chi connectivity index (χ1v) is 10.5. The van der Waals surface area contributed by atoms with Crippen molar-refractivity contribution in [1.29, 1.82) is 0 Å². The number of benzene rings is 1. The lowest BCUT2D eigenvalue weighted by Gasteiger charge is -2.24. The van der Waals surface area contributed by atoms with Crippen molar-refractivity contribution in [2.75, 3.05) is 20.6 Å². The second-order valence-electron chi connectivity index (χ2n) is 8.56. The lowest BCUT2D eigenvalue weighted by Crippen LogP contribution is -2.37. The molecule has 0 aliphatic carbocycles. The predicted octanol–water partition coefficient (Wildman–Crippen LogP) is 3.66. The van der Waals surface area contributed by atoms with E-state index in [0.29, 0.717) is 13.1 Å². The molecule has 0 aliphatic rings. The maximum absolute atomic E-state index is 12.1. The normalized spacial score (nSPS) is 11.7. The molecule has 0 aliphatic heterocycles. The van der Waals surface area contributed by atoms with Crippen molar-refractivity contribution < 1.29 is 9.53 Å². The van der Waals surface area contributed by atoms with E-state index in [-0.39, 0.29) is 6.09 Å². The molecule has 0 fully saturated rings. The molecule has 1 aromatic carbocycles. The molecule has 0 bridgehead atoms. The third-order valence-electron chi connectivity index (χ3n) is 4.51. The zero-order valence-corrected chi connectivity index (χ0v) is 19.5. The van der Waals surface area contributed by atoms with Crippen LogP contribution in [0.2, 0.25) is 0 Å². The minimum atomic E-state index is -0.496. The first kappa shape index (κ1) is 24.2. The van der Waals surface area contributed by atoms with Gasteiger partial charge in [0, 0.05) is 45.6 Å². The third-order valence-corrected chi connectivity index (χ3v) is 4.51. The summed E-state index contributed by atoms with van der Waals surface area (Å²) in [6.45, 7) is 9.52. The number of aryl methyl sites for hydroxylation is 1.